The average Bonchev–Trinajstić information content (AvgIpc) is 2.44. The molecule has 0 fully saturated rings. The Bertz CT molecular complexity index is 350. The first-order valence-electron chi connectivity index (χ1n) is 7.58. The van der Waals surface area contributed by atoms with Crippen molar-refractivity contribution < 1.29 is 0 Å². The third kappa shape index (κ3) is 6.30. The van der Waals surface area contributed by atoms with Crippen LogP contribution >= 0.6 is 0 Å². The van der Waals surface area contributed by atoms with Crippen molar-refractivity contribution in [3.8, 4) is 0 Å². The van der Waals surface area contributed by atoms with Gasteiger partial charge >= 0.3 is 0 Å². The fourth-order valence-electron chi connectivity index (χ4n) is 1.93. The van der Waals surface area contributed by atoms with Crippen LogP contribution in [0.15, 0.2) is 12.4 Å². The second kappa shape index (κ2) is 9.66. The van der Waals surface area contributed by atoms with Gasteiger partial charge in [0.15, 0.2) is 0 Å². The fraction of sp³-hybridized carbons (Fsp3) is 0.733. The van der Waals surface area contributed by atoms with Crippen LogP contribution in [-0.4, -0.2) is 55.1 Å². The molecule has 0 aliphatic carbocycles. The molecule has 114 valence electrons. The first-order valence-corrected chi connectivity index (χ1v) is 7.58. The Morgan fingerprint density at radius 1 is 1.00 bits per heavy atom. The quantitative estimate of drug-likeness (QED) is 0.661. The van der Waals surface area contributed by atoms with Crippen LogP contribution in [0.4, 0.5) is 5.82 Å². The number of likely N-dealkylation sites (N-methyl/N-ethyl adjacent to an activating group) is 1. The molecule has 5 heteroatoms. The Hall–Kier alpha value is -1.20. The van der Waals surface area contributed by atoms with Crippen molar-refractivity contribution in [2.75, 3.05) is 45.2 Å². The third-order valence-electron chi connectivity index (χ3n) is 3.06. The number of hydrogen-bond donors (Lipinski definition) is 1. The Labute approximate surface area is 123 Å². The van der Waals surface area contributed by atoms with Crippen LogP contribution in [-0.2, 0) is 6.54 Å². The van der Waals surface area contributed by atoms with E-state index in [2.05, 4.69) is 53.0 Å². The normalized spacial score (nSPS) is 11.1. The monoisotopic (exact) mass is 279 g/mol. The molecule has 0 atom stereocenters. The first kappa shape index (κ1) is 16.9. The number of nitrogens with one attached hydrogen (secondary N) is 1. The van der Waals surface area contributed by atoms with Crippen LogP contribution < -0.4 is 10.2 Å². The number of hydrogen-bond acceptors (Lipinski definition) is 5. The van der Waals surface area contributed by atoms with Gasteiger partial charge in [-0.1, -0.05) is 13.8 Å². The molecule has 1 aromatic heterocycles. The van der Waals surface area contributed by atoms with Crippen molar-refractivity contribution in [2.45, 2.75) is 33.2 Å². The molecule has 0 unspecified atom stereocenters. The topological polar surface area (TPSA) is 44.3 Å². The Morgan fingerprint density at radius 2 is 1.80 bits per heavy atom. The van der Waals surface area contributed by atoms with E-state index in [9.17, 15) is 0 Å². The second-order valence-electron chi connectivity index (χ2n) is 5.33. The molecule has 1 rings (SSSR count). The zero-order valence-corrected chi connectivity index (χ0v) is 13.4. The van der Waals surface area contributed by atoms with E-state index in [1.165, 1.54) is 0 Å². The van der Waals surface area contributed by atoms with Crippen molar-refractivity contribution in [3.05, 3.63) is 18.1 Å². The van der Waals surface area contributed by atoms with E-state index in [1.54, 1.807) is 0 Å². The van der Waals surface area contributed by atoms with Crippen molar-refractivity contribution in [1.82, 2.24) is 20.2 Å². The predicted molar refractivity (Wildman–Crippen MR) is 85.1 cm³/mol. The lowest BCUT2D eigenvalue weighted by atomic mass is 10.3. The van der Waals surface area contributed by atoms with Gasteiger partial charge in [0.1, 0.15) is 5.82 Å². The van der Waals surface area contributed by atoms with Crippen molar-refractivity contribution in [2.24, 2.45) is 0 Å². The summed E-state index contributed by atoms with van der Waals surface area (Å²) in [6.45, 7) is 9.22. The lowest BCUT2D eigenvalue weighted by Crippen LogP contribution is -2.33. The van der Waals surface area contributed by atoms with Crippen LogP contribution in [0.1, 0.15) is 32.4 Å². The molecule has 0 saturated carbocycles. The molecule has 1 aromatic rings. The van der Waals surface area contributed by atoms with Gasteiger partial charge in [-0.05, 0) is 33.5 Å². The Kier molecular flexibility index (Phi) is 8.14. The molecule has 1 heterocycles. The third-order valence-corrected chi connectivity index (χ3v) is 3.06. The van der Waals surface area contributed by atoms with Gasteiger partial charge in [-0.2, -0.15) is 0 Å². The SMILES string of the molecule is CCCNCc1cnc(N(CCC)CCN(C)C)cn1. The van der Waals surface area contributed by atoms with Crippen molar-refractivity contribution in [3.63, 3.8) is 0 Å². The van der Waals surface area contributed by atoms with Crippen LogP contribution in [0.3, 0.4) is 0 Å². The number of aromatic nitrogens is 2. The molecular formula is C15H29N5. The molecule has 0 saturated heterocycles. The zero-order chi connectivity index (χ0) is 14.8. The number of nitrogens with zero attached hydrogens (tertiary/aromatic N) is 4. The summed E-state index contributed by atoms with van der Waals surface area (Å²) in [4.78, 5) is 13.6. The molecule has 0 aromatic carbocycles. The number of anilines is 1. The summed E-state index contributed by atoms with van der Waals surface area (Å²) in [6, 6.07) is 0. The maximum Gasteiger partial charge on any atom is 0.147 e. The van der Waals surface area contributed by atoms with Crippen molar-refractivity contribution >= 4 is 5.82 Å². The molecule has 1 N–H and O–H groups in total. The molecule has 20 heavy (non-hydrogen) atoms. The van der Waals surface area contributed by atoms with E-state index in [1.807, 2.05) is 12.4 Å². The van der Waals surface area contributed by atoms with E-state index < -0.39 is 0 Å². The van der Waals surface area contributed by atoms with Crippen LogP contribution in [0.5, 0.6) is 0 Å². The smallest absolute Gasteiger partial charge is 0.147 e. The molecule has 0 aliphatic heterocycles. The van der Waals surface area contributed by atoms with Gasteiger partial charge in [0, 0.05) is 26.2 Å². The largest absolute Gasteiger partial charge is 0.354 e. The first-order chi connectivity index (χ1) is 9.67. The van der Waals surface area contributed by atoms with Crippen LogP contribution in [0.2, 0.25) is 0 Å². The predicted octanol–water partition coefficient (Wildman–Crippen LogP) is 1.75. The minimum absolute atomic E-state index is 0.798. The van der Waals surface area contributed by atoms with Gasteiger partial charge in [-0.25, -0.2) is 4.98 Å². The summed E-state index contributed by atoms with van der Waals surface area (Å²) in [5.74, 6) is 0.980. The molecule has 0 spiro atoms. The number of rotatable bonds is 10. The lowest BCUT2D eigenvalue weighted by molar-refractivity contribution is 0.412. The molecule has 0 bridgehead atoms. The van der Waals surface area contributed by atoms with E-state index in [4.69, 9.17) is 0 Å². The molecule has 0 amide bonds. The van der Waals surface area contributed by atoms with Gasteiger partial charge in [0.2, 0.25) is 0 Å². The highest BCUT2D eigenvalue weighted by Crippen LogP contribution is 2.09. The highest BCUT2D eigenvalue weighted by molar-refractivity contribution is 5.35. The highest BCUT2D eigenvalue weighted by Gasteiger charge is 2.08. The van der Waals surface area contributed by atoms with Crippen LogP contribution in [0, 0.1) is 0 Å². The van der Waals surface area contributed by atoms with E-state index in [0.29, 0.717) is 0 Å². The lowest BCUT2D eigenvalue weighted by Gasteiger charge is -2.24. The van der Waals surface area contributed by atoms with Gasteiger partial charge in [-0.3, -0.25) is 4.98 Å². The standard InChI is InChI=1S/C15H29N5/c1-5-7-16-11-14-12-18-15(13-17-14)20(8-6-2)10-9-19(3)4/h12-13,16H,5-11H2,1-4H3. The second-order valence-corrected chi connectivity index (χ2v) is 5.33. The summed E-state index contributed by atoms with van der Waals surface area (Å²) >= 11 is 0. The van der Waals surface area contributed by atoms with E-state index in [0.717, 1.165) is 57.1 Å². The maximum atomic E-state index is 4.56. The van der Waals surface area contributed by atoms with Crippen LogP contribution in [0.25, 0.3) is 0 Å². The fourth-order valence-corrected chi connectivity index (χ4v) is 1.93. The average molecular weight is 279 g/mol. The summed E-state index contributed by atoms with van der Waals surface area (Å²) in [5, 5.41) is 3.34. The molecular weight excluding hydrogens is 250 g/mol. The Morgan fingerprint density at radius 3 is 2.35 bits per heavy atom. The summed E-state index contributed by atoms with van der Waals surface area (Å²) in [7, 11) is 4.19. The van der Waals surface area contributed by atoms with Gasteiger partial charge in [0.25, 0.3) is 0 Å². The summed E-state index contributed by atoms with van der Waals surface area (Å²) < 4.78 is 0. The summed E-state index contributed by atoms with van der Waals surface area (Å²) in [6.07, 6.45) is 6.04. The maximum absolute atomic E-state index is 4.56. The van der Waals surface area contributed by atoms with Gasteiger partial charge in [0.05, 0.1) is 18.1 Å². The minimum Gasteiger partial charge on any atom is -0.354 e. The van der Waals surface area contributed by atoms with Gasteiger partial charge < -0.3 is 15.1 Å². The zero-order valence-electron chi connectivity index (χ0n) is 13.4. The highest BCUT2D eigenvalue weighted by atomic mass is 15.2. The Balaban J connectivity index is 2.57. The van der Waals surface area contributed by atoms with E-state index in [-0.39, 0.29) is 0 Å². The molecule has 0 radical (unpaired) electrons. The minimum atomic E-state index is 0.798. The van der Waals surface area contributed by atoms with E-state index >= 15 is 0 Å². The summed E-state index contributed by atoms with van der Waals surface area (Å²) in [5.41, 5.74) is 1.01. The molecule has 5 nitrogen and oxygen atoms in total. The van der Waals surface area contributed by atoms with Gasteiger partial charge in [-0.15, -0.1) is 0 Å². The molecule has 0 aliphatic rings. The van der Waals surface area contributed by atoms with Crippen molar-refractivity contribution in [1.29, 1.82) is 0 Å².